The number of rotatable bonds is 2. The highest BCUT2D eigenvalue weighted by atomic mass is 32.1. The summed E-state index contributed by atoms with van der Waals surface area (Å²) in [6.07, 6.45) is 0.888. The standard InChI is InChI=1S/C16H12OS/c1-11-8-12(10-17)2-4-15(11)13-3-5-16-14(9-13)6-7-18-16/h2-10H,1H3. The number of hydrogen-bond acceptors (Lipinski definition) is 2. The van der Waals surface area contributed by atoms with Crippen LogP contribution in [0.4, 0.5) is 0 Å². The maximum Gasteiger partial charge on any atom is 0.150 e. The minimum Gasteiger partial charge on any atom is -0.298 e. The van der Waals surface area contributed by atoms with E-state index in [9.17, 15) is 4.79 Å². The van der Waals surface area contributed by atoms with E-state index in [1.165, 1.54) is 21.2 Å². The summed E-state index contributed by atoms with van der Waals surface area (Å²) in [4.78, 5) is 10.7. The van der Waals surface area contributed by atoms with Gasteiger partial charge in [0, 0.05) is 10.3 Å². The average molecular weight is 252 g/mol. The number of fused-ring (bicyclic) bond motifs is 1. The van der Waals surface area contributed by atoms with Crippen LogP contribution in [0.3, 0.4) is 0 Å². The fourth-order valence-electron chi connectivity index (χ4n) is 2.22. The molecule has 0 N–H and O–H groups in total. The van der Waals surface area contributed by atoms with Gasteiger partial charge in [-0.3, -0.25) is 4.79 Å². The van der Waals surface area contributed by atoms with Crippen molar-refractivity contribution in [3.05, 3.63) is 59.0 Å². The Morgan fingerprint density at radius 2 is 1.94 bits per heavy atom. The van der Waals surface area contributed by atoms with Crippen molar-refractivity contribution in [1.82, 2.24) is 0 Å². The smallest absolute Gasteiger partial charge is 0.150 e. The first-order valence-corrected chi connectivity index (χ1v) is 6.69. The lowest BCUT2D eigenvalue weighted by atomic mass is 9.98. The van der Waals surface area contributed by atoms with E-state index in [-0.39, 0.29) is 0 Å². The van der Waals surface area contributed by atoms with Crippen LogP contribution in [-0.2, 0) is 0 Å². The van der Waals surface area contributed by atoms with E-state index in [2.05, 4.69) is 29.6 Å². The van der Waals surface area contributed by atoms with Gasteiger partial charge in [0.05, 0.1) is 0 Å². The van der Waals surface area contributed by atoms with Gasteiger partial charge in [-0.15, -0.1) is 11.3 Å². The van der Waals surface area contributed by atoms with Gasteiger partial charge in [-0.2, -0.15) is 0 Å². The molecule has 2 aromatic carbocycles. The van der Waals surface area contributed by atoms with Crippen LogP contribution in [0.1, 0.15) is 15.9 Å². The summed E-state index contributed by atoms with van der Waals surface area (Å²) in [5.41, 5.74) is 4.26. The molecule has 1 aromatic heterocycles. The molecule has 0 amide bonds. The first kappa shape index (κ1) is 11.2. The summed E-state index contributed by atoms with van der Waals surface area (Å²) in [7, 11) is 0. The second-order valence-electron chi connectivity index (χ2n) is 4.37. The molecule has 0 saturated heterocycles. The van der Waals surface area contributed by atoms with E-state index in [0.29, 0.717) is 0 Å². The minimum absolute atomic E-state index is 0.730. The third-order valence-corrected chi connectivity index (χ3v) is 4.05. The Morgan fingerprint density at radius 3 is 2.72 bits per heavy atom. The van der Waals surface area contributed by atoms with Crippen LogP contribution in [0.5, 0.6) is 0 Å². The summed E-state index contributed by atoms with van der Waals surface area (Å²) in [5.74, 6) is 0. The first-order chi connectivity index (χ1) is 8.78. The van der Waals surface area contributed by atoms with Crippen molar-refractivity contribution in [2.24, 2.45) is 0 Å². The van der Waals surface area contributed by atoms with E-state index < -0.39 is 0 Å². The summed E-state index contributed by atoms with van der Waals surface area (Å²) in [5, 5.41) is 3.38. The normalized spacial score (nSPS) is 10.7. The summed E-state index contributed by atoms with van der Waals surface area (Å²) in [6.45, 7) is 2.04. The number of carbonyl (C=O) groups is 1. The van der Waals surface area contributed by atoms with Crippen molar-refractivity contribution in [2.45, 2.75) is 6.92 Å². The Labute approximate surface area is 110 Å². The average Bonchev–Trinajstić information content (AvgIpc) is 2.85. The van der Waals surface area contributed by atoms with Crippen LogP contribution in [0, 0.1) is 6.92 Å². The molecule has 0 aliphatic heterocycles. The fourth-order valence-corrected chi connectivity index (χ4v) is 2.99. The van der Waals surface area contributed by atoms with E-state index in [1.54, 1.807) is 11.3 Å². The zero-order valence-corrected chi connectivity index (χ0v) is 10.8. The van der Waals surface area contributed by atoms with Crippen LogP contribution < -0.4 is 0 Å². The van der Waals surface area contributed by atoms with Crippen LogP contribution in [-0.4, -0.2) is 6.29 Å². The molecular weight excluding hydrogens is 240 g/mol. The number of hydrogen-bond donors (Lipinski definition) is 0. The Balaban J connectivity index is 2.15. The zero-order chi connectivity index (χ0) is 12.5. The molecular formula is C16H12OS. The lowest BCUT2D eigenvalue weighted by molar-refractivity contribution is 0.112. The fraction of sp³-hybridized carbons (Fsp3) is 0.0625. The molecule has 2 heteroatoms. The van der Waals surface area contributed by atoms with E-state index >= 15 is 0 Å². The van der Waals surface area contributed by atoms with Crippen molar-refractivity contribution in [2.75, 3.05) is 0 Å². The Hall–Kier alpha value is -1.93. The predicted molar refractivity (Wildman–Crippen MR) is 77.4 cm³/mol. The number of aryl methyl sites for hydroxylation is 1. The molecule has 0 unspecified atom stereocenters. The Bertz CT molecular complexity index is 725. The maximum atomic E-state index is 10.7. The van der Waals surface area contributed by atoms with Crippen LogP contribution >= 0.6 is 11.3 Å². The molecule has 0 radical (unpaired) electrons. The van der Waals surface area contributed by atoms with Gasteiger partial charge < -0.3 is 0 Å². The van der Waals surface area contributed by atoms with Crippen molar-refractivity contribution in [3.63, 3.8) is 0 Å². The summed E-state index contributed by atoms with van der Waals surface area (Å²) >= 11 is 1.76. The van der Waals surface area contributed by atoms with Gasteiger partial charge in [-0.1, -0.05) is 18.2 Å². The summed E-state index contributed by atoms with van der Waals surface area (Å²) < 4.78 is 1.31. The second-order valence-corrected chi connectivity index (χ2v) is 5.31. The van der Waals surface area contributed by atoms with Crippen molar-refractivity contribution >= 4 is 27.7 Å². The molecule has 18 heavy (non-hydrogen) atoms. The molecule has 0 aliphatic carbocycles. The molecule has 1 nitrogen and oxygen atoms in total. The highest BCUT2D eigenvalue weighted by Crippen LogP contribution is 2.29. The van der Waals surface area contributed by atoms with Crippen molar-refractivity contribution in [3.8, 4) is 11.1 Å². The number of aldehydes is 1. The van der Waals surface area contributed by atoms with Gasteiger partial charge in [0.15, 0.2) is 0 Å². The zero-order valence-electron chi connectivity index (χ0n) is 10.0. The number of thiophene rings is 1. The highest BCUT2D eigenvalue weighted by Gasteiger charge is 2.04. The molecule has 0 atom stereocenters. The van der Waals surface area contributed by atoms with E-state index in [1.807, 2.05) is 25.1 Å². The molecule has 1 heterocycles. The van der Waals surface area contributed by atoms with Crippen LogP contribution in [0.2, 0.25) is 0 Å². The number of carbonyl (C=O) groups excluding carboxylic acids is 1. The quantitative estimate of drug-likeness (QED) is 0.605. The van der Waals surface area contributed by atoms with Gasteiger partial charge in [0.1, 0.15) is 6.29 Å². The molecule has 3 aromatic rings. The van der Waals surface area contributed by atoms with Gasteiger partial charge in [-0.05, 0) is 58.6 Å². The lowest BCUT2D eigenvalue weighted by Gasteiger charge is -2.07. The lowest BCUT2D eigenvalue weighted by Crippen LogP contribution is -1.86. The van der Waals surface area contributed by atoms with Crippen LogP contribution in [0.25, 0.3) is 21.2 Å². The topological polar surface area (TPSA) is 17.1 Å². The second kappa shape index (κ2) is 4.39. The van der Waals surface area contributed by atoms with Gasteiger partial charge >= 0.3 is 0 Å². The molecule has 3 rings (SSSR count). The first-order valence-electron chi connectivity index (χ1n) is 5.81. The molecule has 0 saturated carbocycles. The molecule has 0 fully saturated rings. The Morgan fingerprint density at radius 1 is 1.06 bits per heavy atom. The maximum absolute atomic E-state index is 10.7. The van der Waals surface area contributed by atoms with Crippen molar-refractivity contribution < 1.29 is 4.79 Å². The summed E-state index contributed by atoms with van der Waals surface area (Å²) in [6, 6.07) is 14.5. The molecule has 88 valence electrons. The minimum atomic E-state index is 0.730. The molecule has 0 bridgehead atoms. The van der Waals surface area contributed by atoms with Gasteiger partial charge in [-0.25, -0.2) is 0 Å². The van der Waals surface area contributed by atoms with Gasteiger partial charge in [0.2, 0.25) is 0 Å². The largest absolute Gasteiger partial charge is 0.298 e. The third-order valence-electron chi connectivity index (χ3n) is 3.15. The van der Waals surface area contributed by atoms with Gasteiger partial charge in [0.25, 0.3) is 0 Å². The van der Waals surface area contributed by atoms with Crippen LogP contribution in [0.15, 0.2) is 47.8 Å². The number of benzene rings is 2. The third kappa shape index (κ3) is 1.85. The van der Waals surface area contributed by atoms with E-state index in [0.717, 1.165) is 17.4 Å². The monoisotopic (exact) mass is 252 g/mol. The van der Waals surface area contributed by atoms with E-state index in [4.69, 9.17) is 0 Å². The Kier molecular flexibility index (Phi) is 2.73. The molecule has 0 aliphatic rings. The predicted octanol–water partition coefficient (Wildman–Crippen LogP) is 4.69. The highest BCUT2D eigenvalue weighted by molar-refractivity contribution is 7.17. The van der Waals surface area contributed by atoms with Crippen molar-refractivity contribution in [1.29, 1.82) is 0 Å². The molecule has 0 spiro atoms. The SMILES string of the molecule is Cc1cc(C=O)ccc1-c1ccc2sccc2c1.